The molecule has 0 saturated carbocycles. The van der Waals surface area contributed by atoms with Crippen LogP contribution in [0.1, 0.15) is 31.8 Å². The van der Waals surface area contributed by atoms with Crippen molar-refractivity contribution >= 4 is 11.8 Å². The molecule has 11 heteroatoms. The van der Waals surface area contributed by atoms with Gasteiger partial charge in [0, 0.05) is 19.2 Å². The van der Waals surface area contributed by atoms with Crippen molar-refractivity contribution in [3.05, 3.63) is 64.7 Å². The molecule has 0 aliphatic rings. The molecule has 0 aromatic heterocycles. The van der Waals surface area contributed by atoms with Crippen LogP contribution in [0.25, 0.3) is 0 Å². The van der Waals surface area contributed by atoms with E-state index in [2.05, 4.69) is 10.6 Å². The van der Waals surface area contributed by atoms with Crippen LogP contribution >= 0.6 is 0 Å². The van der Waals surface area contributed by atoms with Gasteiger partial charge in [-0.25, -0.2) is 0 Å². The first-order valence-electron chi connectivity index (χ1n) is 9.45. The van der Waals surface area contributed by atoms with E-state index in [4.69, 9.17) is 0 Å². The first kappa shape index (κ1) is 22.9. The van der Waals surface area contributed by atoms with Crippen molar-refractivity contribution in [2.75, 3.05) is 0 Å². The van der Waals surface area contributed by atoms with Crippen molar-refractivity contribution in [1.82, 2.24) is 10.6 Å². The van der Waals surface area contributed by atoms with Gasteiger partial charge in [-0.05, 0) is 23.3 Å². The Hall–Kier alpha value is -4.80. The summed E-state index contributed by atoms with van der Waals surface area (Å²) in [5.74, 6) is -7.14. The second-order valence-corrected chi connectivity index (χ2v) is 7.00. The van der Waals surface area contributed by atoms with Gasteiger partial charge in [-0.2, -0.15) is 0 Å². The van der Waals surface area contributed by atoms with E-state index in [1.807, 2.05) is 0 Å². The molecule has 9 N–H and O–H groups in total. The average Bonchev–Trinajstić information content (AvgIpc) is 2.81. The molecule has 172 valence electrons. The number of benzene rings is 3. The van der Waals surface area contributed by atoms with Gasteiger partial charge in [0.1, 0.15) is 0 Å². The lowest BCUT2D eigenvalue weighted by atomic mass is 10.1. The van der Waals surface area contributed by atoms with Gasteiger partial charge in [-0.15, -0.1) is 0 Å². The van der Waals surface area contributed by atoms with Crippen LogP contribution in [0.3, 0.4) is 0 Å². The summed E-state index contributed by atoms with van der Waals surface area (Å²) in [5.41, 5.74) is 0.711. The van der Waals surface area contributed by atoms with E-state index in [0.29, 0.717) is 11.1 Å². The summed E-state index contributed by atoms with van der Waals surface area (Å²) < 4.78 is 0. The molecule has 0 radical (unpaired) electrons. The smallest absolute Gasteiger partial charge is 0.255 e. The van der Waals surface area contributed by atoms with Gasteiger partial charge >= 0.3 is 0 Å². The summed E-state index contributed by atoms with van der Waals surface area (Å²) in [6.45, 7) is 0.125. The van der Waals surface area contributed by atoms with E-state index >= 15 is 0 Å². The van der Waals surface area contributed by atoms with Gasteiger partial charge in [0.05, 0.1) is 11.1 Å². The number of nitrogens with one attached hydrogen (secondary N) is 2. The first-order chi connectivity index (χ1) is 15.6. The third-order valence-corrected chi connectivity index (χ3v) is 4.78. The number of carbonyl (C=O) groups is 2. The van der Waals surface area contributed by atoms with Crippen molar-refractivity contribution in [3.63, 3.8) is 0 Å². The summed E-state index contributed by atoms with van der Waals surface area (Å²) >= 11 is 0. The van der Waals surface area contributed by atoms with E-state index in [0.717, 1.165) is 18.2 Å². The number of rotatable bonds is 6. The predicted octanol–water partition coefficient (Wildman–Crippen LogP) is 1.49. The number of carbonyl (C=O) groups excluding carboxylic acids is 2. The van der Waals surface area contributed by atoms with Gasteiger partial charge in [-0.1, -0.05) is 24.3 Å². The molecule has 3 aromatic rings. The lowest BCUT2D eigenvalue weighted by molar-refractivity contribution is 0.0938. The molecule has 0 heterocycles. The lowest BCUT2D eigenvalue weighted by Gasteiger charge is -2.11. The van der Waals surface area contributed by atoms with Gasteiger partial charge in [0.15, 0.2) is 23.0 Å². The van der Waals surface area contributed by atoms with Gasteiger partial charge < -0.3 is 46.4 Å². The minimum Gasteiger partial charge on any atom is -0.504 e. The standard InChI is InChI=1S/C22H20N2O9/c25-14-6-5-12(16(27)18(14)29)21(32)23-8-10-1-3-11(4-2-10)9-24-22(33)13-7-15(26)19(30)20(31)17(13)28/h1-7,25-31H,8-9H2,(H,23,32)(H,24,33). The highest BCUT2D eigenvalue weighted by molar-refractivity contribution is 5.99. The molecule has 33 heavy (non-hydrogen) atoms. The van der Waals surface area contributed by atoms with E-state index in [9.17, 15) is 45.3 Å². The molecular formula is C22H20N2O9. The maximum Gasteiger partial charge on any atom is 0.255 e. The molecule has 0 aliphatic heterocycles. The number of phenolic OH excluding ortho intramolecular Hbond substituents is 7. The van der Waals surface area contributed by atoms with Crippen LogP contribution in [0, 0.1) is 0 Å². The number of amides is 2. The van der Waals surface area contributed by atoms with Crippen LogP contribution in [0.4, 0.5) is 0 Å². The van der Waals surface area contributed by atoms with Crippen LogP contribution in [0.2, 0.25) is 0 Å². The fourth-order valence-electron chi connectivity index (χ4n) is 2.89. The first-order valence-corrected chi connectivity index (χ1v) is 9.45. The van der Waals surface area contributed by atoms with Crippen molar-refractivity contribution in [2.45, 2.75) is 13.1 Å². The van der Waals surface area contributed by atoms with E-state index in [-0.39, 0.29) is 18.7 Å². The second-order valence-electron chi connectivity index (χ2n) is 7.00. The number of hydrogen-bond donors (Lipinski definition) is 9. The number of hydrogen-bond acceptors (Lipinski definition) is 9. The SMILES string of the molecule is O=C(NCc1ccc(CNC(=O)c2cc(O)c(O)c(O)c2O)cc1)c1ccc(O)c(O)c1O. The molecule has 0 atom stereocenters. The molecule has 11 nitrogen and oxygen atoms in total. The summed E-state index contributed by atoms with van der Waals surface area (Å²) in [5, 5.41) is 71.8. The lowest BCUT2D eigenvalue weighted by Crippen LogP contribution is -2.23. The number of phenols is 7. The molecule has 2 amide bonds. The molecular weight excluding hydrogens is 436 g/mol. The largest absolute Gasteiger partial charge is 0.504 e. The normalized spacial score (nSPS) is 10.5. The molecule has 0 bridgehead atoms. The van der Waals surface area contributed by atoms with E-state index in [1.54, 1.807) is 24.3 Å². The quantitative estimate of drug-likeness (QED) is 0.195. The second kappa shape index (κ2) is 9.14. The third kappa shape index (κ3) is 4.77. The Morgan fingerprint density at radius 2 is 1.00 bits per heavy atom. The molecule has 0 spiro atoms. The highest BCUT2D eigenvalue weighted by atomic mass is 16.3. The van der Waals surface area contributed by atoms with Crippen molar-refractivity contribution < 1.29 is 45.3 Å². The van der Waals surface area contributed by atoms with Gasteiger partial charge in [-0.3, -0.25) is 9.59 Å². The Kier molecular flexibility index (Phi) is 6.34. The maximum atomic E-state index is 12.2. The zero-order chi connectivity index (χ0) is 24.3. The highest BCUT2D eigenvalue weighted by Gasteiger charge is 2.21. The third-order valence-electron chi connectivity index (χ3n) is 4.78. The molecule has 3 aromatic carbocycles. The minimum atomic E-state index is -1.01. The van der Waals surface area contributed by atoms with Crippen LogP contribution < -0.4 is 10.6 Å². The molecule has 0 aliphatic carbocycles. The Morgan fingerprint density at radius 3 is 1.55 bits per heavy atom. The molecule has 0 fully saturated rings. The Morgan fingerprint density at radius 1 is 0.545 bits per heavy atom. The summed E-state index contributed by atoms with van der Waals surface area (Å²) in [6.07, 6.45) is 0. The molecule has 0 unspecified atom stereocenters. The Balaban J connectivity index is 1.58. The van der Waals surface area contributed by atoms with Crippen molar-refractivity contribution in [2.24, 2.45) is 0 Å². The van der Waals surface area contributed by atoms with Gasteiger partial charge in [0.25, 0.3) is 11.8 Å². The molecule has 3 rings (SSSR count). The van der Waals surface area contributed by atoms with Crippen molar-refractivity contribution in [3.8, 4) is 40.2 Å². The summed E-state index contributed by atoms with van der Waals surface area (Å²) in [6, 6.07) is 9.73. The maximum absolute atomic E-state index is 12.2. The van der Waals surface area contributed by atoms with Crippen LogP contribution in [-0.2, 0) is 13.1 Å². The fourth-order valence-corrected chi connectivity index (χ4v) is 2.89. The van der Waals surface area contributed by atoms with Crippen molar-refractivity contribution in [1.29, 1.82) is 0 Å². The predicted molar refractivity (Wildman–Crippen MR) is 113 cm³/mol. The monoisotopic (exact) mass is 456 g/mol. The van der Waals surface area contributed by atoms with E-state index < -0.39 is 57.6 Å². The topological polar surface area (TPSA) is 200 Å². The zero-order valence-corrected chi connectivity index (χ0v) is 16.9. The van der Waals surface area contributed by atoms with Gasteiger partial charge in [0.2, 0.25) is 17.2 Å². The molecule has 0 saturated heterocycles. The summed E-state index contributed by atoms with van der Waals surface area (Å²) in [7, 11) is 0. The average molecular weight is 456 g/mol. The highest BCUT2D eigenvalue weighted by Crippen LogP contribution is 2.43. The minimum absolute atomic E-state index is 0.0357. The Bertz CT molecular complexity index is 1220. The van der Waals surface area contributed by atoms with E-state index in [1.165, 1.54) is 0 Å². The van der Waals surface area contributed by atoms with Crippen LogP contribution in [0.5, 0.6) is 40.2 Å². The fraction of sp³-hybridized carbons (Fsp3) is 0.0909. The Labute approximate surface area is 186 Å². The zero-order valence-electron chi connectivity index (χ0n) is 16.9. The van der Waals surface area contributed by atoms with Crippen LogP contribution in [0.15, 0.2) is 42.5 Å². The summed E-state index contributed by atoms with van der Waals surface area (Å²) in [4.78, 5) is 24.4. The van der Waals surface area contributed by atoms with Crippen LogP contribution in [-0.4, -0.2) is 47.6 Å². The number of aromatic hydroxyl groups is 7.